The van der Waals surface area contributed by atoms with E-state index in [1.54, 1.807) is 6.07 Å². The first-order valence-corrected chi connectivity index (χ1v) is 9.88. The molecule has 0 saturated carbocycles. The lowest BCUT2D eigenvalue weighted by Crippen LogP contribution is -2.05. The first-order valence-electron chi connectivity index (χ1n) is 8.27. The lowest BCUT2D eigenvalue weighted by molar-refractivity contribution is -0.137. The quantitative estimate of drug-likeness (QED) is 0.349. The molecule has 28 heavy (non-hydrogen) atoms. The van der Waals surface area contributed by atoms with Crippen molar-refractivity contribution in [1.82, 2.24) is 9.97 Å². The molecular weight excluding hydrogens is 451 g/mol. The monoisotopic (exact) mass is 463 g/mol. The molecule has 4 rings (SSSR count). The van der Waals surface area contributed by atoms with E-state index in [-0.39, 0.29) is 0 Å². The summed E-state index contributed by atoms with van der Waals surface area (Å²) in [5.41, 5.74) is 1.58. The number of aromatic nitrogens is 2. The van der Waals surface area contributed by atoms with Crippen LogP contribution < -0.4 is 5.32 Å². The molecule has 0 aliphatic rings. The van der Waals surface area contributed by atoms with Crippen LogP contribution in [-0.2, 0) is 6.18 Å². The highest BCUT2D eigenvalue weighted by atomic mass is 79.9. The molecule has 0 aliphatic carbocycles. The van der Waals surface area contributed by atoms with Gasteiger partial charge in [0, 0.05) is 20.6 Å². The van der Waals surface area contributed by atoms with Crippen LogP contribution in [0.4, 0.5) is 24.7 Å². The Balaban J connectivity index is 1.84. The van der Waals surface area contributed by atoms with Crippen molar-refractivity contribution in [3.05, 3.63) is 69.8 Å². The van der Waals surface area contributed by atoms with Gasteiger partial charge < -0.3 is 5.32 Å². The maximum Gasteiger partial charge on any atom is 0.416 e. The average Bonchev–Trinajstić information content (AvgIpc) is 2.99. The van der Waals surface area contributed by atoms with Crippen molar-refractivity contribution in [3.63, 3.8) is 0 Å². The van der Waals surface area contributed by atoms with Crippen molar-refractivity contribution < 1.29 is 13.2 Å². The summed E-state index contributed by atoms with van der Waals surface area (Å²) in [6, 6.07) is 12.9. The van der Waals surface area contributed by atoms with E-state index in [0.717, 1.165) is 42.8 Å². The third-order valence-corrected chi connectivity index (χ3v) is 5.79. The summed E-state index contributed by atoms with van der Waals surface area (Å²) in [7, 11) is 0. The fourth-order valence-electron chi connectivity index (χ4n) is 3.01. The second kappa shape index (κ2) is 7.18. The number of alkyl halides is 3. The fourth-order valence-corrected chi connectivity index (χ4v) is 4.29. The topological polar surface area (TPSA) is 37.8 Å². The van der Waals surface area contributed by atoms with Crippen LogP contribution in [-0.4, -0.2) is 9.97 Å². The molecule has 3 nitrogen and oxygen atoms in total. The summed E-state index contributed by atoms with van der Waals surface area (Å²) in [5.74, 6) is 0.478. The first kappa shape index (κ1) is 18.9. The average molecular weight is 464 g/mol. The Morgan fingerprint density at radius 3 is 2.50 bits per heavy atom. The maximum atomic E-state index is 13.0. The van der Waals surface area contributed by atoms with Crippen molar-refractivity contribution in [2.75, 3.05) is 5.32 Å². The number of thiophene rings is 1. The minimum absolute atomic E-state index is 0.320. The van der Waals surface area contributed by atoms with Gasteiger partial charge in [-0.2, -0.15) is 13.2 Å². The van der Waals surface area contributed by atoms with Gasteiger partial charge in [0.1, 0.15) is 17.0 Å². The van der Waals surface area contributed by atoms with Gasteiger partial charge in [-0.05, 0) is 42.8 Å². The van der Waals surface area contributed by atoms with Gasteiger partial charge in [-0.25, -0.2) is 9.97 Å². The standard InChI is InChI=1S/C20H13BrF3N3S/c1-11-16(12-5-7-14(21)8-6-12)17-18(25-10-26-19(17)28-11)27-15-4-2-3-13(9-15)20(22,23)24/h2-10H,1H3,(H,25,26,27). The molecule has 0 spiro atoms. The van der Waals surface area contributed by atoms with Gasteiger partial charge in [0.15, 0.2) is 0 Å². The van der Waals surface area contributed by atoms with E-state index in [2.05, 4.69) is 31.2 Å². The molecule has 0 saturated heterocycles. The second-order valence-corrected chi connectivity index (χ2v) is 8.27. The Morgan fingerprint density at radius 2 is 1.79 bits per heavy atom. The van der Waals surface area contributed by atoms with Crippen LogP contribution in [0.15, 0.2) is 59.3 Å². The molecular formula is C20H13BrF3N3S. The third kappa shape index (κ3) is 3.62. The minimum Gasteiger partial charge on any atom is -0.340 e. The van der Waals surface area contributed by atoms with Crippen LogP contribution >= 0.6 is 27.3 Å². The molecule has 0 atom stereocenters. The largest absolute Gasteiger partial charge is 0.416 e. The molecule has 4 aromatic rings. The van der Waals surface area contributed by atoms with E-state index < -0.39 is 11.7 Å². The van der Waals surface area contributed by atoms with Crippen LogP contribution in [0.1, 0.15) is 10.4 Å². The number of aryl methyl sites for hydroxylation is 1. The van der Waals surface area contributed by atoms with Gasteiger partial charge in [-0.1, -0.05) is 34.1 Å². The highest BCUT2D eigenvalue weighted by Crippen LogP contribution is 2.41. The number of anilines is 2. The van der Waals surface area contributed by atoms with Crippen LogP contribution in [0.25, 0.3) is 21.3 Å². The lowest BCUT2D eigenvalue weighted by atomic mass is 10.0. The van der Waals surface area contributed by atoms with E-state index in [0.29, 0.717) is 11.5 Å². The molecule has 0 amide bonds. The fraction of sp³-hybridized carbons (Fsp3) is 0.100. The Hall–Kier alpha value is -2.45. The van der Waals surface area contributed by atoms with Crippen LogP contribution in [0.5, 0.6) is 0 Å². The predicted molar refractivity (Wildman–Crippen MR) is 110 cm³/mol. The molecule has 0 radical (unpaired) electrons. The number of benzene rings is 2. The summed E-state index contributed by atoms with van der Waals surface area (Å²) in [6.45, 7) is 2.00. The van der Waals surface area contributed by atoms with Crippen LogP contribution in [0.3, 0.4) is 0 Å². The molecule has 2 aromatic carbocycles. The Kier molecular flexibility index (Phi) is 4.84. The van der Waals surface area contributed by atoms with Gasteiger partial charge in [0.05, 0.1) is 10.9 Å². The van der Waals surface area contributed by atoms with Gasteiger partial charge in [-0.3, -0.25) is 0 Å². The molecule has 2 heterocycles. The first-order chi connectivity index (χ1) is 13.3. The normalized spacial score (nSPS) is 11.8. The molecule has 1 N–H and O–H groups in total. The molecule has 0 fully saturated rings. The summed E-state index contributed by atoms with van der Waals surface area (Å²) >= 11 is 4.96. The summed E-state index contributed by atoms with van der Waals surface area (Å²) in [4.78, 5) is 10.5. The zero-order chi connectivity index (χ0) is 19.9. The van der Waals surface area contributed by atoms with Gasteiger partial charge in [-0.15, -0.1) is 11.3 Å². The Morgan fingerprint density at radius 1 is 1.04 bits per heavy atom. The number of hydrogen-bond acceptors (Lipinski definition) is 4. The van der Waals surface area contributed by atoms with Crippen molar-refractivity contribution >= 4 is 49.0 Å². The Labute approximate surface area is 171 Å². The van der Waals surface area contributed by atoms with E-state index in [9.17, 15) is 13.2 Å². The highest BCUT2D eigenvalue weighted by molar-refractivity contribution is 9.10. The summed E-state index contributed by atoms with van der Waals surface area (Å²) in [5, 5.41) is 3.84. The molecule has 0 unspecified atom stereocenters. The molecule has 0 aliphatic heterocycles. The number of fused-ring (bicyclic) bond motifs is 1. The Bertz CT molecular complexity index is 1150. The van der Waals surface area contributed by atoms with Crippen LogP contribution in [0, 0.1) is 6.92 Å². The van der Waals surface area contributed by atoms with E-state index in [4.69, 9.17) is 0 Å². The number of nitrogens with one attached hydrogen (secondary N) is 1. The predicted octanol–water partition coefficient (Wildman–Crippen LogP) is 7.19. The van der Waals surface area contributed by atoms with E-state index >= 15 is 0 Å². The smallest absolute Gasteiger partial charge is 0.340 e. The summed E-state index contributed by atoms with van der Waals surface area (Å²) in [6.07, 6.45) is -2.99. The lowest BCUT2D eigenvalue weighted by Gasteiger charge is -2.12. The van der Waals surface area contributed by atoms with Crippen LogP contribution in [0.2, 0.25) is 0 Å². The zero-order valence-corrected chi connectivity index (χ0v) is 16.9. The van der Waals surface area contributed by atoms with Gasteiger partial charge in [0.25, 0.3) is 0 Å². The highest BCUT2D eigenvalue weighted by Gasteiger charge is 2.30. The summed E-state index contributed by atoms with van der Waals surface area (Å²) < 4.78 is 40.0. The van der Waals surface area contributed by atoms with E-state index in [1.165, 1.54) is 23.7 Å². The van der Waals surface area contributed by atoms with Crippen molar-refractivity contribution in [3.8, 4) is 11.1 Å². The molecule has 2 aromatic heterocycles. The van der Waals surface area contributed by atoms with Crippen molar-refractivity contribution in [2.45, 2.75) is 13.1 Å². The number of halogens is 4. The SMILES string of the molecule is Cc1sc2ncnc(Nc3cccc(C(F)(F)F)c3)c2c1-c1ccc(Br)cc1. The third-order valence-electron chi connectivity index (χ3n) is 4.25. The zero-order valence-electron chi connectivity index (χ0n) is 14.5. The number of hydrogen-bond donors (Lipinski definition) is 1. The van der Waals surface area contributed by atoms with Gasteiger partial charge >= 0.3 is 6.18 Å². The number of rotatable bonds is 3. The number of nitrogens with zero attached hydrogens (tertiary/aromatic N) is 2. The molecule has 8 heteroatoms. The molecule has 142 valence electrons. The van der Waals surface area contributed by atoms with Crippen molar-refractivity contribution in [1.29, 1.82) is 0 Å². The van der Waals surface area contributed by atoms with E-state index in [1.807, 2.05) is 31.2 Å². The van der Waals surface area contributed by atoms with Crippen molar-refractivity contribution in [2.24, 2.45) is 0 Å². The maximum absolute atomic E-state index is 13.0. The second-order valence-electron chi connectivity index (χ2n) is 6.15. The minimum atomic E-state index is -4.40. The molecule has 0 bridgehead atoms. The van der Waals surface area contributed by atoms with Gasteiger partial charge in [0.2, 0.25) is 0 Å².